The van der Waals surface area contributed by atoms with Crippen molar-refractivity contribution in [3.05, 3.63) is 70.8 Å². The molecule has 2 aromatic carbocycles. The summed E-state index contributed by atoms with van der Waals surface area (Å²) in [6.07, 6.45) is 0.406. The summed E-state index contributed by atoms with van der Waals surface area (Å²) in [5.41, 5.74) is 10.3. The standard InChI is InChI=1S/C22H27N3O2/c1-16-7-9-18(10-8-16)21(23)22(27)25-13-11-24(12-14-25)20(26)15-19-6-4-3-5-17(19)2/h3-10,21H,11-15,23H2,1-2H3. The summed E-state index contributed by atoms with van der Waals surface area (Å²) in [5.74, 6) is 0.0316. The lowest BCUT2D eigenvalue weighted by molar-refractivity contribution is -0.140. The Kier molecular flexibility index (Phi) is 5.91. The summed E-state index contributed by atoms with van der Waals surface area (Å²) in [4.78, 5) is 28.9. The van der Waals surface area contributed by atoms with Crippen molar-refractivity contribution in [1.82, 2.24) is 9.80 Å². The predicted molar refractivity (Wildman–Crippen MR) is 106 cm³/mol. The van der Waals surface area contributed by atoms with Gasteiger partial charge < -0.3 is 15.5 Å². The Hall–Kier alpha value is -2.66. The first-order chi connectivity index (χ1) is 13.0. The molecule has 2 aromatic rings. The third-order valence-corrected chi connectivity index (χ3v) is 5.25. The van der Waals surface area contributed by atoms with Crippen molar-refractivity contribution < 1.29 is 9.59 Å². The lowest BCUT2D eigenvalue weighted by atomic mass is 10.0. The molecule has 5 heteroatoms. The van der Waals surface area contributed by atoms with Crippen LogP contribution < -0.4 is 5.73 Å². The fourth-order valence-corrected chi connectivity index (χ4v) is 3.37. The average molecular weight is 365 g/mol. The fraction of sp³-hybridized carbons (Fsp3) is 0.364. The molecule has 5 nitrogen and oxygen atoms in total. The number of nitrogens with zero attached hydrogens (tertiary/aromatic N) is 2. The first-order valence-electron chi connectivity index (χ1n) is 9.39. The van der Waals surface area contributed by atoms with Crippen LogP contribution in [0.3, 0.4) is 0 Å². The van der Waals surface area contributed by atoms with E-state index in [9.17, 15) is 9.59 Å². The van der Waals surface area contributed by atoms with Gasteiger partial charge in [0, 0.05) is 26.2 Å². The van der Waals surface area contributed by atoms with Gasteiger partial charge in [-0.05, 0) is 30.5 Å². The lowest BCUT2D eigenvalue weighted by Crippen LogP contribution is -2.52. The minimum atomic E-state index is -0.653. The Morgan fingerprint density at radius 2 is 1.52 bits per heavy atom. The zero-order chi connectivity index (χ0) is 19.4. The number of nitrogens with two attached hydrogens (primary N) is 1. The van der Waals surface area contributed by atoms with E-state index in [-0.39, 0.29) is 11.8 Å². The number of amides is 2. The van der Waals surface area contributed by atoms with Crippen molar-refractivity contribution >= 4 is 11.8 Å². The number of piperazine rings is 1. The molecule has 0 radical (unpaired) electrons. The number of carbonyl (C=O) groups is 2. The molecule has 0 saturated carbocycles. The van der Waals surface area contributed by atoms with Crippen LogP contribution in [0, 0.1) is 13.8 Å². The molecule has 1 atom stereocenters. The van der Waals surface area contributed by atoms with Crippen molar-refractivity contribution in [3.63, 3.8) is 0 Å². The highest BCUT2D eigenvalue weighted by Gasteiger charge is 2.28. The number of hydrogen-bond acceptors (Lipinski definition) is 3. The van der Waals surface area contributed by atoms with Gasteiger partial charge in [-0.1, -0.05) is 54.1 Å². The van der Waals surface area contributed by atoms with E-state index in [0.29, 0.717) is 32.6 Å². The van der Waals surface area contributed by atoms with E-state index >= 15 is 0 Å². The highest BCUT2D eigenvalue weighted by Crippen LogP contribution is 2.16. The van der Waals surface area contributed by atoms with Crippen molar-refractivity contribution in [2.45, 2.75) is 26.3 Å². The molecule has 2 amide bonds. The van der Waals surface area contributed by atoms with Gasteiger partial charge in [0.05, 0.1) is 6.42 Å². The molecule has 1 unspecified atom stereocenters. The van der Waals surface area contributed by atoms with E-state index in [0.717, 1.165) is 22.3 Å². The van der Waals surface area contributed by atoms with Crippen LogP contribution in [0.25, 0.3) is 0 Å². The van der Waals surface area contributed by atoms with Crippen LogP contribution >= 0.6 is 0 Å². The van der Waals surface area contributed by atoms with Gasteiger partial charge in [-0.25, -0.2) is 0 Å². The lowest BCUT2D eigenvalue weighted by Gasteiger charge is -2.36. The molecule has 1 aliphatic rings. The quantitative estimate of drug-likeness (QED) is 0.903. The Labute approximate surface area is 160 Å². The maximum Gasteiger partial charge on any atom is 0.244 e. The van der Waals surface area contributed by atoms with Crippen LogP contribution in [0.2, 0.25) is 0 Å². The van der Waals surface area contributed by atoms with Gasteiger partial charge in [0.15, 0.2) is 0 Å². The smallest absolute Gasteiger partial charge is 0.244 e. The zero-order valence-corrected chi connectivity index (χ0v) is 16.0. The monoisotopic (exact) mass is 365 g/mol. The third-order valence-electron chi connectivity index (χ3n) is 5.25. The molecule has 0 aromatic heterocycles. The van der Waals surface area contributed by atoms with Crippen molar-refractivity contribution in [1.29, 1.82) is 0 Å². The fourth-order valence-electron chi connectivity index (χ4n) is 3.37. The molecule has 0 spiro atoms. The molecule has 1 saturated heterocycles. The van der Waals surface area contributed by atoms with E-state index in [4.69, 9.17) is 5.73 Å². The summed E-state index contributed by atoms with van der Waals surface area (Å²) in [5, 5.41) is 0. The molecule has 2 N–H and O–H groups in total. The molecule has 1 heterocycles. The van der Waals surface area contributed by atoms with Crippen LogP contribution in [0.5, 0.6) is 0 Å². The summed E-state index contributed by atoms with van der Waals surface area (Å²) < 4.78 is 0. The van der Waals surface area contributed by atoms with E-state index < -0.39 is 6.04 Å². The highest BCUT2D eigenvalue weighted by molar-refractivity contribution is 5.84. The van der Waals surface area contributed by atoms with Gasteiger partial charge in [0.1, 0.15) is 6.04 Å². The van der Waals surface area contributed by atoms with Gasteiger partial charge in [-0.15, -0.1) is 0 Å². The molecule has 3 rings (SSSR count). The summed E-state index contributed by atoms with van der Waals surface area (Å²) in [6, 6.07) is 15.0. The Bertz CT molecular complexity index is 809. The summed E-state index contributed by atoms with van der Waals surface area (Å²) in [7, 11) is 0. The maximum absolute atomic E-state index is 12.7. The van der Waals surface area contributed by atoms with Crippen LogP contribution in [0.4, 0.5) is 0 Å². The molecule has 1 fully saturated rings. The largest absolute Gasteiger partial charge is 0.339 e. The van der Waals surface area contributed by atoms with E-state index in [1.165, 1.54) is 0 Å². The van der Waals surface area contributed by atoms with Crippen molar-refractivity contribution in [2.75, 3.05) is 26.2 Å². The number of benzene rings is 2. The average Bonchev–Trinajstić information content (AvgIpc) is 2.69. The molecular weight excluding hydrogens is 338 g/mol. The highest BCUT2D eigenvalue weighted by atomic mass is 16.2. The number of rotatable bonds is 4. The second kappa shape index (κ2) is 8.35. The molecule has 0 bridgehead atoms. The van der Waals surface area contributed by atoms with Crippen LogP contribution in [-0.2, 0) is 16.0 Å². The zero-order valence-electron chi connectivity index (χ0n) is 16.0. The normalized spacial score (nSPS) is 15.5. The summed E-state index contributed by atoms with van der Waals surface area (Å²) >= 11 is 0. The number of aryl methyl sites for hydroxylation is 2. The summed E-state index contributed by atoms with van der Waals surface area (Å²) in [6.45, 7) is 6.18. The maximum atomic E-state index is 12.7. The first-order valence-corrected chi connectivity index (χ1v) is 9.39. The van der Waals surface area contributed by atoms with Crippen LogP contribution in [0.15, 0.2) is 48.5 Å². The van der Waals surface area contributed by atoms with Crippen molar-refractivity contribution in [2.24, 2.45) is 5.73 Å². The minimum Gasteiger partial charge on any atom is -0.339 e. The van der Waals surface area contributed by atoms with Crippen LogP contribution in [0.1, 0.15) is 28.3 Å². The number of carbonyl (C=O) groups excluding carboxylic acids is 2. The van der Waals surface area contributed by atoms with Gasteiger partial charge >= 0.3 is 0 Å². The SMILES string of the molecule is Cc1ccc(C(N)C(=O)N2CCN(C(=O)Cc3ccccc3C)CC2)cc1. The Balaban J connectivity index is 1.55. The van der Waals surface area contributed by atoms with Gasteiger partial charge in [0.25, 0.3) is 0 Å². The predicted octanol–water partition coefficient (Wildman–Crippen LogP) is 2.22. The van der Waals surface area contributed by atoms with Gasteiger partial charge in [-0.2, -0.15) is 0 Å². The molecule has 142 valence electrons. The molecule has 27 heavy (non-hydrogen) atoms. The first kappa shape index (κ1) is 19.1. The van der Waals surface area contributed by atoms with E-state index in [2.05, 4.69) is 0 Å². The molecule has 0 aliphatic carbocycles. The number of hydrogen-bond donors (Lipinski definition) is 1. The molecular formula is C22H27N3O2. The minimum absolute atomic E-state index is 0.0788. The Morgan fingerprint density at radius 1 is 0.926 bits per heavy atom. The third kappa shape index (κ3) is 4.55. The second-order valence-corrected chi connectivity index (χ2v) is 7.20. The van der Waals surface area contributed by atoms with E-state index in [1.807, 2.05) is 67.3 Å². The Morgan fingerprint density at radius 3 is 2.15 bits per heavy atom. The van der Waals surface area contributed by atoms with E-state index in [1.54, 1.807) is 4.90 Å². The van der Waals surface area contributed by atoms with Crippen LogP contribution in [-0.4, -0.2) is 47.8 Å². The van der Waals surface area contributed by atoms with Crippen molar-refractivity contribution in [3.8, 4) is 0 Å². The van der Waals surface area contributed by atoms with Gasteiger partial charge in [-0.3, -0.25) is 9.59 Å². The molecule has 1 aliphatic heterocycles. The van der Waals surface area contributed by atoms with Gasteiger partial charge in [0.2, 0.25) is 11.8 Å². The topological polar surface area (TPSA) is 66.6 Å². The second-order valence-electron chi connectivity index (χ2n) is 7.20.